The number of hydrogen-bond acceptors (Lipinski definition) is 10. The van der Waals surface area contributed by atoms with Gasteiger partial charge < -0.3 is 39.4 Å². The molecule has 1 fully saturated rings. The summed E-state index contributed by atoms with van der Waals surface area (Å²) in [7, 11) is 0. The normalized spacial score (nSPS) is 20.4. The SMILES string of the molecule is CCCCCCCCCCCCCCCCCC(=O)OCC(CO[C@H]1O[C@H](CO)[C@@H](O)[C@H](O)[C@H]1O)OC(=O)CCCCCCCCCCCCCCCCC. The number of hydrogen-bond donors (Lipinski definition) is 4. The van der Waals surface area contributed by atoms with E-state index >= 15 is 0 Å². The maximum absolute atomic E-state index is 12.8. The van der Waals surface area contributed by atoms with Gasteiger partial charge in [0.05, 0.1) is 13.2 Å². The lowest BCUT2D eigenvalue weighted by Crippen LogP contribution is -2.59. The second-order valence-electron chi connectivity index (χ2n) is 16.2. The minimum Gasteiger partial charge on any atom is -0.462 e. The van der Waals surface area contributed by atoms with Gasteiger partial charge in [-0.15, -0.1) is 0 Å². The Morgan fingerprint density at radius 3 is 1.24 bits per heavy atom. The first-order valence-electron chi connectivity index (χ1n) is 23.1. The standard InChI is InChI=1S/C45H86O10/c1-3-5-7-9-11-13-15-17-19-21-23-25-27-29-31-33-40(47)52-36-38(37-53-45-44(51)43(50)42(49)39(35-46)55-45)54-41(48)34-32-30-28-26-24-22-20-18-16-14-12-10-8-6-4-2/h38-39,42-46,49-51H,3-37H2,1-2H3/t38?,39-,42-,43+,44-,45+/m1/s1. The average molecular weight is 787 g/mol. The summed E-state index contributed by atoms with van der Waals surface area (Å²) >= 11 is 0. The summed E-state index contributed by atoms with van der Waals surface area (Å²) in [5, 5.41) is 40.1. The van der Waals surface area contributed by atoms with Crippen molar-refractivity contribution in [1.29, 1.82) is 0 Å². The van der Waals surface area contributed by atoms with E-state index in [2.05, 4.69) is 13.8 Å². The predicted molar refractivity (Wildman–Crippen MR) is 220 cm³/mol. The quantitative estimate of drug-likeness (QED) is 0.0350. The highest BCUT2D eigenvalue weighted by Gasteiger charge is 2.44. The van der Waals surface area contributed by atoms with Gasteiger partial charge in [0.15, 0.2) is 12.4 Å². The lowest BCUT2D eigenvalue weighted by atomic mass is 9.99. The van der Waals surface area contributed by atoms with Crippen LogP contribution >= 0.6 is 0 Å². The van der Waals surface area contributed by atoms with E-state index in [1.165, 1.54) is 148 Å². The number of aliphatic hydroxyl groups is 4. The zero-order valence-corrected chi connectivity index (χ0v) is 35.5. The number of carbonyl (C=O) groups is 2. The van der Waals surface area contributed by atoms with Crippen LogP contribution in [0.3, 0.4) is 0 Å². The molecule has 1 aliphatic rings. The number of esters is 2. The van der Waals surface area contributed by atoms with E-state index in [-0.39, 0.29) is 32.0 Å². The van der Waals surface area contributed by atoms with Gasteiger partial charge in [0.2, 0.25) is 0 Å². The Kier molecular flexibility index (Phi) is 34.8. The Morgan fingerprint density at radius 1 is 0.491 bits per heavy atom. The lowest BCUT2D eigenvalue weighted by Gasteiger charge is -2.39. The molecule has 0 aromatic rings. The molecule has 0 spiro atoms. The van der Waals surface area contributed by atoms with Crippen molar-refractivity contribution in [2.24, 2.45) is 0 Å². The molecule has 1 heterocycles. The number of aliphatic hydroxyl groups excluding tert-OH is 4. The topological polar surface area (TPSA) is 152 Å². The largest absolute Gasteiger partial charge is 0.462 e. The third kappa shape index (κ3) is 28.7. The Morgan fingerprint density at radius 2 is 0.855 bits per heavy atom. The van der Waals surface area contributed by atoms with Crippen LogP contribution in [-0.4, -0.2) is 89.0 Å². The summed E-state index contributed by atoms with van der Waals surface area (Å²) in [6, 6.07) is 0. The average Bonchev–Trinajstić information content (AvgIpc) is 3.18. The van der Waals surface area contributed by atoms with Crippen molar-refractivity contribution >= 4 is 11.9 Å². The summed E-state index contributed by atoms with van der Waals surface area (Å²) in [5.41, 5.74) is 0. The Labute approximate surface area is 336 Å². The van der Waals surface area contributed by atoms with Gasteiger partial charge in [-0.2, -0.15) is 0 Å². The molecule has 0 bridgehead atoms. The van der Waals surface area contributed by atoms with Crippen LogP contribution in [0.25, 0.3) is 0 Å². The first kappa shape index (κ1) is 51.7. The predicted octanol–water partition coefficient (Wildman–Crippen LogP) is 9.78. The summed E-state index contributed by atoms with van der Waals surface area (Å²) in [4.78, 5) is 25.3. The van der Waals surface area contributed by atoms with E-state index < -0.39 is 49.4 Å². The molecule has 0 radical (unpaired) electrons. The highest BCUT2D eigenvalue weighted by Crippen LogP contribution is 2.23. The van der Waals surface area contributed by atoms with E-state index in [1.54, 1.807) is 0 Å². The van der Waals surface area contributed by atoms with Gasteiger partial charge in [-0.3, -0.25) is 9.59 Å². The Bertz CT molecular complexity index is 871. The molecule has 1 rings (SSSR count). The molecule has 1 unspecified atom stereocenters. The van der Waals surface area contributed by atoms with Crippen LogP contribution in [0.15, 0.2) is 0 Å². The lowest BCUT2D eigenvalue weighted by molar-refractivity contribution is -0.305. The molecule has 4 N–H and O–H groups in total. The second kappa shape index (κ2) is 37.0. The molecule has 0 amide bonds. The minimum absolute atomic E-state index is 0.209. The van der Waals surface area contributed by atoms with E-state index in [4.69, 9.17) is 18.9 Å². The molecule has 55 heavy (non-hydrogen) atoms. The minimum atomic E-state index is -1.59. The molecule has 10 heteroatoms. The monoisotopic (exact) mass is 787 g/mol. The molecule has 0 saturated carbocycles. The van der Waals surface area contributed by atoms with Gasteiger partial charge in [-0.25, -0.2) is 0 Å². The second-order valence-corrected chi connectivity index (χ2v) is 16.2. The maximum atomic E-state index is 12.8. The van der Waals surface area contributed by atoms with Gasteiger partial charge in [0.25, 0.3) is 0 Å². The van der Waals surface area contributed by atoms with Crippen LogP contribution < -0.4 is 0 Å². The van der Waals surface area contributed by atoms with Crippen molar-refractivity contribution < 1.29 is 49.0 Å². The van der Waals surface area contributed by atoms with Crippen LogP contribution in [0, 0.1) is 0 Å². The van der Waals surface area contributed by atoms with E-state index in [1.807, 2.05) is 0 Å². The number of ether oxygens (including phenoxy) is 4. The van der Waals surface area contributed by atoms with Gasteiger partial charge in [0, 0.05) is 12.8 Å². The summed E-state index contributed by atoms with van der Waals surface area (Å²) in [6.07, 6.45) is 29.6. The summed E-state index contributed by atoms with van der Waals surface area (Å²) in [5.74, 6) is -0.790. The first-order valence-corrected chi connectivity index (χ1v) is 23.1. The van der Waals surface area contributed by atoms with Crippen molar-refractivity contribution in [3.05, 3.63) is 0 Å². The smallest absolute Gasteiger partial charge is 0.306 e. The van der Waals surface area contributed by atoms with Crippen molar-refractivity contribution in [2.45, 2.75) is 256 Å². The molecule has 326 valence electrons. The van der Waals surface area contributed by atoms with Crippen molar-refractivity contribution in [3.63, 3.8) is 0 Å². The number of unbranched alkanes of at least 4 members (excludes halogenated alkanes) is 28. The number of carbonyl (C=O) groups excluding carboxylic acids is 2. The van der Waals surface area contributed by atoms with Crippen LogP contribution in [-0.2, 0) is 28.5 Å². The van der Waals surface area contributed by atoms with Crippen LogP contribution in [0.1, 0.15) is 219 Å². The van der Waals surface area contributed by atoms with Crippen molar-refractivity contribution in [1.82, 2.24) is 0 Å². The summed E-state index contributed by atoms with van der Waals surface area (Å²) < 4.78 is 22.2. The zero-order valence-electron chi connectivity index (χ0n) is 35.5. The molecule has 6 atom stereocenters. The number of rotatable bonds is 39. The fraction of sp³-hybridized carbons (Fsp3) is 0.956. The van der Waals surface area contributed by atoms with E-state index in [0.717, 1.165) is 38.5 Å². The van der Waals surface area contributed by atoms with Crippen LogP contribution in [0.5, 0.6) is 0 Å². The van der Waals surface area contributed by atoms with Gasteiger partial charge >= 0.3 is 11.9 Å². The molecular weight excluding hydrogens is 700 g/mol. The molecule has 0 aromatic carbocycles. The summed E-state index contributed by atoms with van der Waals surface area (Å²) in [6.45, 7) is 3.46. The zero-order chi connectivity index (χ0) is 40.2. The highest BCUT2D eigenvalue weighted by atomic mass is 16.7. The third-order valence-electron chi connectivity index (χ3n) is 11.0. The van der Waals surface area contributed by atoms with Gasteiger partial charge in [-0.1, -0.05) is 194 Å². The molecular formula is C45H86O10. The van der Waals surface area contributed by atoms with Crippen LogP contribution in [0.4, 0.5) is 0 Å². The maximum Gasteiger partial charge on any atom is 0.306 e. The fourth-order valence-corrected chi connectivity index (χ4v) is 7.31. The fourth-order valence-electron chi connectivity index (χ4n) is 7.31. The molecule has 1 saturated heterocycles. The molecule has 0 aromatic heterocycles. The third-order valence-corrected chi connectivity index (χ3v) is 11.0. The van der Waals surface area contributed by atoms with E-state index in [9.17, 15) is 30.0 Å². The van der Waals surface area contributed by atoms with Crippen LogP contribution in [0.2, 0.25) is 0 Å². The van der Waals surface area contributed by atoms with Gasteiger partial charge in [0.1, 0.15) is 31.0 Å². The molecule has 0 aliphatic carbocycles. The molecule has 1 aliphatic heterocycles. The molecule has 10 nitrogen and oxygen atoms in total. The van der Waals surface area contributed by atoms with Gasteiger partial charge in [-0.05, 0) is 12.8 Å². The first-order chi connectivity index (χ1) is 26.8. The van der Waals surface area contributed by atoms with Crippen molar-refractivity contribution in [2.75, 3.05) is 19.8 Å². The van der Waals surface area contributed by atoms with E-state index in [0.29, 0.717) is 6.42 Å². The highest BCUT2D eigenvalue weighted by molar-refractivity contribution is 5.70. The Hall–Kier alpha value is -1.30. The van der Waals surface area contributed by atoms with Crippen molar-refractivity contribution in [3.8, 4) is 0 Å². The Balaban J connectivity index is 2.30.